The molecule has 1 heterocycles. The van der Waals surface area contributed by atoms with Gasteiger partial charge >= 0.3 is 0 Å². The predicted octanol–water partition coefficient (Wildman–Crippen LogP) is 4.77. The first-order chi connectivity index (χ1) is 8.66. The molecule has 0 amide bonds. The van der Waals surface area contributed by atoms with Crippen molar-refractivity contribution in [2.24, 2.45) is 0 Å². The van der Waals surface area contributed by atoms with E-state index < -0.39 is 0 Å². The van der Waals surface area contributed by atoms with Crippen molar-refractivity contribution in [3.05, 3.63) is 9.33 Å². The standard InChI is InChI=1S/C13H21NO2S2/c1-2-3-4-5-6-7-8-9-11(15)14-12(16)10-18-13(14)17/h10,16H,2-9H2,1H3. The van der Waals surface area contributed by atoms with Crippen LogP contribution in [0.5, 0.6) is 5.88 Å². The molecule has 1 rings (SSSR count). The average Bonchev–Trinajstić information content (AvgIpc) is 2.68. The van der Waals surface area contributed by atoms with Gasteiger partial charge in [-0.3, -0.25) is 4.79 Å². The Labute approximate surface area is 117 Å². The van der Waals surface area contributed by atoms with E-state index in [0.29, 0.717) is 10.4 Å². The van der Waals surface area contributed by atoms with Gasteiger partial charge in [-0.25, -0.2) is 4.57 Å². The molecule has 1 aromatic heterocycles. The third-order valence-corrected chi connectivity index (χ3v) is 4.10. The highest BCUT2D eigenvalue weighted by atomic mass is 32.1. The van der Waals surface area contributed by atoms with Crippen LogP contribution in [0.15, 0.2) is 5.38 Å². The number of hydrogen-bond donors (Lipinski definition) is 1. The lowest BCUT2D eigenvalue weighted by atomic mass is 10.1. The van der Waals surface area contributed by atoms with Crippen molar-refractivity contribution in [3.63, 3.8) is 0 Å². The molecule has 0 aliphatic rings. The van der Waals surface area contributed by atoms with E-state index >= 15 is 0 Å². The van der Waals surface area contributed by atoms with Gasteiger partial charge in [0.25, 0.3) is 0 Å². The minimum Gasteiger partial charge on any atom is -0.494 e. The SMILES string of the molecule is CCCCCCCCCC(=O)n1c(O)csc1=S. The molecule has 0 saturated heterocycles. The van der Waals surface area contributed by atoms with Crippen LogP contribution in [-0.2, 0) is 0 Å². The Morgan fingerprint density at radius 1 is 1.28 bits per heavy atom. The Bertz CT molecular complexity index is 423. The highest BCUT2D eigenvalue weighted by Crippen LogP contribution is 2.18. The summed E-state index contributed by atoms with van der Waals surface area (Å²) in [7, 11) is 0. The van der Waals surface area contributed by atoms with E-state index in [1.807, 2.05) is 0 Å². The van der Waals surface area contributed by atoms with Crippen molar-refractivity contribution in [3.8, 4) is 5.88 Å². The van der Waals surface area contributed by atoms with E-state index in [1.165, 1.54) is 53.4 Å². The molecule has 0 aliphatic carbocycles. The van der Waals surface area contributed by atoms with Crippen LogP contribution < -0.4 is 0 Å². The van der Waals surface area contributed by atoms with Gasteiger partial charge < -0.3 is 5.11 Å². The number of aromatic hydroxyl groups is 1. The molecule has 0 saturated carbocycles. The lowest BCUT2D eigenvalue weighted by Crippen LogP contribution is -2.09. The van der Waals surface area contributed by atoms with Gasteiger partial charge in [-0.1, -0.05) is 45.4 Å². The summed E-state index contributed by atoms with van der Waals surface area (Å²) in [5, 5.41) is 11.0. The zero-order valence-corrected chi connectivity index (χ0v) is 12.5. The summed E-state index contributed by atoms with van der Waals surface area (Å²) >= 11 is 6.22. The lowest BCUT2D eigenvalue weighted by molar-refractivity contribution is 0.0889. The molecule has 0 spiro atoms. The van der Waals surface area contributed by atoms with E-state index in [4.69, 9.17) is 12.2 Å². The molecule has 0 fully saturated rings. The summed E-state index contributed by atoms with van der Waals surface area (Å²) in [6.45, 7) is 2.20. The molecule has 0 aliphatic heterocycles. The van der Waals surface area contributed by atoms with Gasteiger partial charge in [0.1, 0.15) is 0 Å². The number of carbonyl (C=O) groups excluding carboxylic acids is 1. The van der Waals surface area contributed by atoms with Crippen LogP contribution in [0.3, 0.4) is 0 Å². The molecule has 0 atom stereocenters. The highest BCUT2D eigenvalue weighted by molar-refractivity contribution is 7.73. The minimum atomic E-state index is -0.0905. The van der Waals surface area contributed by atoms with Gasteiger partial charge in [0.2, 0.25) is 11.8 Å². The molecule has 5 heteroatoms. The van der Waals surface area contributed by atoms with E-state index in [9.17, 15) is 9.90 Å². The molecule has 18 heavy (non-hydrogen) atoms. The Morgan fingerprint density at radius 3 is 2.44 bits per heavy atom. The summed E-state index contributed by atoms with van der Waals surface area (Å²) < 4.78 is 1.66. The Hall–Kier alpha value is -0.680. The van der Waals surface area contributed by atoms with Gasteiger partial charge in [-0.15, -0.1) is 11.3 Å². The van der Waals surface area contributed by atoms with Gasteiger partial charge in [-0.2, -0.15) is 0 Å². The third kappa shape index (κ3) is 4.90. The molecule has 102 valence electrons. The molecular formula is C13H21NO2S2. The molecular weight excluding hydrogens is 266 g/mol. The fourth-order valence-corrected chi connectivity index (χ4v) is 2.83. The number of aromatic nitrogens is 1. The van der Waals surface area contributed by atoms with E-state index in [2.05, 4.69) is 6.92 Å². The van der Waals surface area contributed by atoms with Crippen molar-refractivity contribution < 1.29 is 9.90 Å². The number of nitrogens with zero attached hydrogens (tertiary/aromatic N) is 1. The summed E-state index contributed by atoms with van der Waals surface area (Å²) in [5.74, 6) is -0.120. The fraction of sp³-hybridized carbons (Fsp3) is 0.692. The molecule has 0 unspecified atom stereocenters. The number of hydrogen-bond acceptors (Lipinski definition) is 4. The zero-order valence-electron chi connectivity index (χ0n) is 10.9. The second kappa shape index (κ2) is 8.43. The molecule has 1 aromatic rings. The van der Waals surface area contributed by atoms with E-state index in [0.717, 1.165) is 12.8 Å². The molecule has 0 radical (unpaired) electrons. The first-order valence-electron chi connectivity index (χ1n) is 6.59. The largest absolute Gasteiger partial charge is 0.494 e. The maximum Gasteiger partial charge on any atom is 0.235 e. The zero-order chi connectivity index (χ0) is 13.4. The van der Waals surface area contributed by atoms with Gasteiger partial charge in [0, 0.05) is 6.42 Å². The quantitative estimate of drug-likeness (QED) is 0.553. The summed E-state index contributed by atoms with van der Waals surface area (Å²) in [6.07, 6.45) is 8.72. The van der Waals surface area contributed by atoms with Crippen molar-refractivity contribution >= 4 is 29.5 Å². The highest BCUT2D eigenvalue weighted by Gasteiger charge is 2.10. The second-order valence-electron chi connectivity index (χ2n) is 4.46. The van der Waals surface area contributed by atoms with E-state index in [1.54, 1.807) is 0 Å². The number of rotatable bonds is 8. The topological polar surface area (TPSA) is 42.2 Å². The van der Waals surface area contributed by atoms with Crippen LogP contribution in [-0.4, -0.2) is 15.6 Å². The summed E-state index contributed by atoms with van der Waals surface area (Å²) in [4.78, 5) is 11.8. The molecule has 1 N–H and O–H groups in total. The van der Waals surface area contributed by atoms with Crippen molar-refractivity contribution in [2.45, 2.75) is 58.3 Å². The van der Waals surface area contributed by atoms with Gasteiger partial charge in [0.05, 0.1) is 5.38 Å². The smallest absolute Gasteiger partial charge is 0.235 e. The van der Waals surface area contributed by atoms with Crippen molar-refractivity contribution in [2.75, 3.05) is 0 Å². The normalized spacial score (nSPS) is 10.7. The van der Waals surface area contributed by atoms with E-state index in [-0.39, 0.29) is 11.8 Å². The monoisotopic (exact) mass is 287 g/mol. The van der Waals surface area contributed by atoms with Crippen LogP contribution >= 0.6 is 23.6 Å². The summed E-state index contributed by atoms with van der Waals surface area (Å²) in [6, 6.07) is 0. The Kier molecular flexibility index (Phi) is 7.20. The van der Waals surface area contributed by atoms with Crippen LogP contribution in [0.2, 0.25) is 0 Å². The van der Waals surface area contributed by atoms with Crippen molar-refractivity contribution in [1.29, 1.82) is 0 Å². The first-order valence-corrected chi connectivity index (χ1v) is 7.88. The van der Waals surface area contributed by atoms with Crippen LogP contribution in [0.4, 0.5) is 0 Å². The summed E-state index contributed by atoms with van der Waals surface area (Å²) in [5.41, 5.74) is 0. The molecule has 3 nitrogen and oxygen atoms in total. The van der Waals surface area contributed by atoms with Crippen LogP contribution in [0.1, 0.15) is 63.1 Å². The Balaban J connectivity index is 2.20. The van der Waals surface area contributed by atoms with Crippen LogP contribution in [0.25, 0.3) is 0 Å². The second-order valence-corrected chi connectivity index (χ2v) is 5.96. The fourth-order valence-electron chi connectivity index (χ4n) is 1.88. The number of unbranched alkanes of at least 4 members (excludes halogenated alkanes) is 6. The maximum atomic E-state index is 11.8. The average molecular weight is 287 g/mol. The van der Waals surface area contributed by atoms with Crippen LogP contribution in [0, 0.1) is 3.95 Å². The first kappa shape index (κ1) is 15.4. The molecule has 0 bridgehead atoms. The number of carbonyl (C=O) groups is 1. The maximum absolute atomic E-state index is 11.8. The van der Waals surface area contributed by atoms with Gasteiger partial charge in [0.15, 0.2) is 3.95 Å². The van der Waals surface area contributed by atoms with Crippen molar-refractivity contribution in [1.82, 2.24) is 4.57 Å². The lowest BCUT2D eigenvalue weighted by Gasteiger charge is -2.03. The predicted molar refractivity (Wildman–Crippen MR) is 78.0 cm³/mol. The third-order valence-electron chi connectivity index (χ3n) is 2.92. The van der Waals surface area contributed by atoms with Gasteiger partial charge in [-0.05, 0) is 18.6 Å². The minimum absolute atomic E-state index is 0.0297. The molecule has 0 aromatic carbocycles. The number of thiazole rings is 1. The Morgan fingerprint density at radius 2 is 1.89 bits per heavy atom.